The normalized spacial score (nSPS) is 14.7. The molecular formula is C20H24ClN3O4. The van der Waals surface area contributed by atoms with Crippen LogP contribution < -0.4 is 10.1 Å². The van der Waals surface area contributed by atoms with Gasteiger partial charge in [0, 0.05) is 50.7 Å². The molecule has 1 fully saturated rings. The summed E-state index contributed by atoms with van der Waals surface area (Å²) < 4.78 is 10.6. The highest BCUT2D eigenvalue weighted by Gasteiger charge is 2.20. The van der Waals surface area contributed by atoms with Crippen LogP contribution >= 0.6 is 11.6 Å². The fourth-order valence-electron chi connectivity index (χ4n) is 2.98. The molecule has 2 heterocycles. The van der Waals surface area contributed by atoms with Crippen molar-refractivity contribution in [1.82, 2.24) is 15.1 Å². The Labute approximate surface area is 169 Å². The molecule has 8 heteroatoms. The van der Waals surface area contributed by atoms with Crippen LogP contribution in [-0.2, 0) is 4.79 Å². The van der Waals surface area contributed by atoms with Crippen molar-refractivity contribution in [3.8, 4) is 5.75 Å². The third-order valence-corrected chi connectivity index (χ3v) is 4.87. The molecule has 7 nitrogen and oxygen atoms in total. The highest BCUT2D eigenvalue weighted by molar-refractivity contribution is 6.30. The Morgan fingerprint density at radius 3 is 2.54 bits per heavy atom. The van der Waals surface area contributed by atoms with E-state index in [1.807, 2.05) is 17.0 Å². The summed E-state index contributed by atoms with van der Waals surface area (Å²) in [7, 11) is 0. The maximum absolute atomic E-state index is 12.3. The van der Waals surface area contributed by atoms with Gasteiger partial charge in [-0.15, -0.1) is 0 Å². The molecule has 0 aliphatic carbocycles. The van der Waals surface area contributed by atoms with E-state index in [-0.39, 0.29) is 11.8 Å². The van der Waals surface area contributed by atoms with Crippen molar-refractivity contribution in [2.45, 2.75) is 6.42 Å². The first kappa shape index (κ1) is 20.2. The van der Waals surface area contributed by atoms with Crippen LogP contribution in [0.1, 0.15) is 16.8 Å². The third-order valence-electron chi connectivity index (χ3n) is 4.62. The Morgan fingerprint density at radius 2 is 1.86 bits per heavy atom. The molecule has 2 aromatic rings. The number of rotatable bonds is 8. The fourth-order valence-corrected chi connectivity index (χ4v) is 3.11. The van der Waals surface area contributed by atoms with E-state index in [1.165, 1.54) is 12.5 Å². The summed E-state index contributed by atoms with van der Waals surface area (Å²) in [5.74, 6) is 0.632. The number of halogens is 1. The lowest BCUT2D eigenvalue weighted by Gasteiger charge is -2.34. The van der Waals surface area contributed by atoms with Gasteiger partial charge in [-0.05, 0) is 30.3 Å². The van der Waals surface area contributed by atoms with Gasteiger partial charge in [0.2, 0.25) is 5.91 Å². The topological polar surface area (TPSA) is 75.0 Å². The van der Waals surface area contributed by atoms with Gasteiger partial charge in [0.15, 0.2) is 0 Å². The summed E-state index contributed by atoms with van der Waals surface area (Å²) in [5.41, 5.74) is 0.460. The monoisotopic (exact) mass is 405 g/mol. The van der Waals surface area contributed by atoms with Gasteiger partial charge >= 0.3 is 0 Å². The minimum absolute atomic E-state index is 0.0598. The molecule has 0 saturated carbocycles. The molecule has 150 valence electrons. The molecule has 0 atom stereocenters. The van der Waals surface area contributed by atoms with Gasteiger partial charge in [-0.25, -0.2) is 0 Å². The maximum atomic E-state index is 12.3. The largest absolute Gasteiger partial charge is 0.492 e. The van der Waals surface area contributed by atoms with E-state index in [4.69, 9.17) is 20.8 Å². The van der Waals surface area contributed by atoms with Crippen molar-refractivity contribution in [2.75, 3.05) is 45.9 Å². The summed E-state index contributed by atoms with van der Waals surface area (Å²) in [5, 5.41) is 3.42. The van der Waals surface area contributed by atoms with Crippen LogP contribution in [0.4, 0.5) is 0 Å². The van der Waals surface area contributed by atoms with Gasteiger partial charge in [-0.3, -0.25) is 14.5 Å². The van der Waals surface area contributed by atoms with Gasteiger partial charge in [0.25, 0.3) is 5.91 Å². The predicted octanol–water partition coefficient (Wildman–Crippen LogP) is 2.28. The van der Waals surface area contributed by atoms with Crippen molar-refractivity contribution < 1.29 is 18.7 Å². The van der Waals surface area contributed by atoms with Gasteiger partial charge < -0.3 is 19.4 Å². The Balaban J connectivity index is 1.29. The average Bonchev–Trinajstić information content (AvgIpc) is 3.25. The molecule has 1 aliphatic heterocycles. The van der Waals surface area contributed by atoms with Gasteiger partial charge in [-0.2, -0.15) is 0 Å². The number of ether oxygens (including phenoxy) is 1. The molecule has 0 bridgehead atoms. The van der Waals surface area contributed by atoms with Crippen LogP contribution in [0.2, 0.25) is 5.02 Å². The molecule has 1 aromatic heterocycles. The van der Waals surface area contributed by atoms with E-state index in [0.29, 0.717) is 43.2 Å². The summed E-state index contributed by atoms with van der Waals surface area (Å²) in [4.78, 5) is 28.2. The second-order valence-electron chi connectivity index (χ2n) is 6.54. The molecule has 1 aromatic carbocycles. The molecule has 0 unspecified atom stereocenters. The Bertz CT molecular complexity index is 756. The minimum atomic E-state index is -0.230. The lowest BCUT2D eigenvalue weighted by atomic mass is 10.2. The number of nitrogens with one attached hydrogen (secondary N) is 1. The molecule has 1 saturated heterocycles. The summed E-state index contributed by atoms with van der Waals surface area (Å²) in [6.07, 6.45) is 3.12. The zero-order valence-electron chi connectivity index (χ0n) is 15.6. The Hall–Kier alpha value is -2.51. The molecular weight excluding hydrogens is 382 g/mol. The van der Waals surface area contributed by atoms with Crippen LogP contribution in [0.5, 0.6) is 5.75 Å². The van der Waals surface area contributed by atoms with Crippen LogP contribution in [0.3, 0.4) is 0 Å². The van der Waals surface area contributed by atoms with Crippen molar-refractivity contribution in [2.24, 2.45) is 0 Å². The quantitative estimate of drug-likeness (QED) is 0.729. The molecule has 28 heavy (non-hydrogen) atoms. The van der Waals surface area contributed by atoms with Gasteiger partial charge in [0.05, 0.1) is 11.8 Å². The van der Waals surface area contributed by atoms with Crippen LogP contribution in [0, 0.1) is 0 Å². The lowest BCUT2D eigenvalue weighted by Crippen LogP contribution is -2.50. The van der Waals surface area contributed by atoms with Crippen molar-refractivity contribution >= 4 is 23.4 Å². The third kappa shape index (κ3) is 6.00. The molecule has 1 aliphatic rings. The smallest absolute Gasteiger partial charge is 0.254 e. The van der Waals surface area contributed by atoms with E-state index in [2.05, 4.69) is 10.2 Å². The lowest BCUT2D eigenvalue weighted by molar-refractivity contribution is -0.132. The van der Waals surface area contributed by atoms with E-state index in [1.54, 1.807) is 18.2 Å². The first-order valence-corrected chi connectivity index (χ1v) is 9.68. The summed E-state index contributed by atoms with van der Waals surface area (Å²) >= 11 is 5.86. The molecule has 3 rings (SSSR count). The van der Waals surface area contributed by atoms with Crippen molar-refractivity contribution in [3.05, 3.63) is 53.4 Å². The van der Waals surface area contributed by atoms with E-state index in [9.17, 15) is 9.59 Å². The number of benzene rings is 1. The fraction of sp³-hybridized carbons (Fsp3) is 0.400. The first-order valence-electron chi connectivity index (χ1n) is 9.31. The number of furan rings is 1. The van der Waals surface area contributed by atoms with Crippen LogP contribution in [0.25, 0.3) is 0 Å². The van der Waals surface area contributed by atoms with E-state index in [0.717, 1.165) is 25.4 Å². The number of hydrogen-bond acceptors (Lipinski definition) is 5. The highest BCUT2D eigenvalue weighted by Crippen LogP contribution is 2.15. The standard InChI is InChI=1S/C20H24ClN3O4/c21-17-1-3-18(4-2-17)28-14-12-23-8-10-24(11-9-23)19(25)5-7-22-20(26)16-6-13-27-15-16/h1-4,6,13,15H,5,7-12,14H2,(H,22,26). The Morgan fingerprint density at radius 1 is 1.11 bits per heavy atom. The average molecular weight is 406 g/mol. The predicted molar refractivity (Wildman–Crippen MR) is 106 cm³/mol. The number of hydrogen-bond donors (Lipinski definition) is 1. The minimum Gasteiger partial charge on any atom is -0.492 e. The second kappa shape index (κ2) is 10.1. The number of carbonyl (C=O) groups is 2. The number of piperazine rings is 1. The zero-order chi connectivity index (χ0) is 19.8. The van der Waals surface area contributed by atoms with Crippen LogP contribution in [0.15, 0.2) is 47.3 Å². The zero-order valence-corrected chi connectivity index (χ0v) is 16.4. The Kier molecular flexibility index (Phi) is 7.33. The molecule has 2 amide bonds. The summed E-state index contributed by atoms with van der Waals surface area (Å²) in [6, 6.07) is 8.90. The maximum Gasteiger partial charge on any atom is 0.254 e. The van der Waals surface area contributed by atoms with Gasteiger partial charge in [-0.1, -0.05) is 11.6 Å². The summed E-state index contributed by atoms with van der Waals surface area (Å²) in [6.45, 7) is 4.73. The molecule has 0 radical (unpaired) electrons. The van der Waals surface area contributed by atoms with Crippen molar-refractivity contribution in [1.29, 1.82) is 0 Å². The molecule has 0 spiro atoms. The molecule has 1 N–H and O–H groups in total. The number of carbonyl (C=O) groups excluding carboxylic acids is 2. The van der Waals surface area contributed by atoms with Gasteiger partial charge in [0.1, 0.15) is 18.6 Å². The highest BCUT2D eigenvalue weighted by atomic mass is 35.5. The number of nitrogens with zero attached hydrogens (tertiary/aromatic N) is 2. The van der Waals surface area contributed by atoms with Crippen molar-refractivity contribution in [3.63, 3.8) is 0 Å². The van der Waals surface area contributed by atoms with E-state index < -0.39 is 0 Å². The number of amides is 2. The first-order chi connectivity index (χ1) is 13.6. The van der Waals surface area contributed by atoms with Crippen LogP contribution in [-0.4, -0.2) is 67.5 Å². The second-order valence-corrected chi connectivity index (χ2v) is 6.98. The SMILES string of the molecule is O=C(NCCC(=O)N1CCN(CCOc2ccc(Cl)cc2)CC1)c1ccoc1. The van der Waals surface area contributed by atoms with E-state index >= 15 is 0 Å².